The van der Waals surface area contributed by atoms with Gasteiger partial charge in [0, 0.05) is 24.9 Å². The van der Waals surface area contributed by atoms with Crippen LogP contribution in [0.15, 0.2) is 42.6 Å². The number of hydrogen-bond acceptors (Lipinski definition) is 5. The Morgan fingerprint density at radius 2 is 2.00 bits per heavy atom. The maximum atomic E-state index is 11.9. The standard InChI is InChI=1S/C19H25N3O3/c1-13(2)9-17(20)19(23)22-12-14-7-8-18(21-11-14)25-16-6-4-5-15(10-16)24-3/h4-8,10-11,13,17H,9,12,20H2,1-3H3,(H,22,23)/t17-/m0/s1. The summed E-state index contributed by atoms with van der Waals surface area (Å²) in [5.74, 6) is 2.07. The lowest BCUT2D eigenvalue weighted by Crippen LogP contribution is -2.41. The Balaban J connectivity index is 1.88. The van der Waals surface area contributed by atoms with Crippen molar-refractivity contribution >= 4 is 5.91 Å². The molecule has 1 aromatic carbocycles. The molecule has 6 heteroatoms. The minimum absolute atomic E-state index is 0.148. The Morgan fingerprint density at radius 3 is 2.64 bits per heavy atom. The van der Waals surface area contributed by atoms with Crippen molar-refractivity contribution < 1.29 is 14.3 Å². The predicted molar refractivity (Wildman–Crippen MR) is 96.6 cm³/mol. The van der Waals surface area contributed by atoms with E-state index in [2.05, 4.69) is 10.3 Å². The number of aromatic nitrogens is 1. The number of amides is 1. The molecule has 6 nitrogen and oxygen atoms in total. The Labute approximate surface area is 148 Å². The Hall–Kier alpha value is -2.60. The fourth-order valence-electron chi connectivity index (χ4n) is 2.30. The van der Waals surface area contributed by atoms with Gasteiger partial charge in [0.05, 0.1) is 13.2 Å². The van der Waals surface area contributed by atoms with Crippen molar-refractivity contribution in [3.05, 3.63) is 48.2 Å². The van der Waals surface area contributed by atoms with Crippen molar-refractivity contribution in [2.24, 2.45) is 11.7 Å². The van der Waals surface area contributed by atoms with Crippen LogP contribution in [-0.2, 0) is 11.3 Å². The summed E-state index contributed by atoms with van der Waals surface area (Å²) in [5.41, 5.74) is 6.74. The van der Waals surface area contributed by atoms with E-state index in [0.717, 1.165) is 11.3 Å². The highest BCUT2D eigenvalue weighted by atomic mass is 16.5. The summed E-state index contributed by atoms with van der Waals surface area (Å²) >= 11 is 0. The van der Waals surface area contributed by atoms with E-state index < -0.39 is 6.04 Å². The number of carbonyl (C=O) groups excluding carboxylic acids is 1. The zero-order valence-corrected chi connectivity index (χ0v) is 14.9. The van der Waals surface area contributed by atoms with Gasteiger partial charge >= 0.3 is 0 Å². The van der Waals surface area contributed by atoms with Crippen LogP contribution >= 0.6 is 0 Å². The van der Waals surface area contributed by atoms with Crippen LogP contribution in [0.3, 0.4) is 0 Å². The third-order valence-electron chi connectivity index (χ3n) is 3.59. The second-order valence-electron chi connectivity index (χ2n) is 6.24. The Kier molecular flexibility index (Phi) is 6.77. The smallest absolute Gasteiger partial charge is 0.237 e. The number of rotatable bonds is 8. The molecule has 1 amide bonds. The van der Waals surface area contributed by atoms with E-state index in [1.807, 2.05) is 38.1 Å². The highest BCUT2D eigenvalue weighted by Gasteiger charge is 2.14. The normalized spacial score (nSPS) is 11.9. The second kappa shape index (κ2) is 9.03. The van der Waals surface area contributed by atoms with E-state index in [1.165, 1.54) is 0 Å². The molecule has 0 unspecified atom stereocenters. The molecule has 1 aromatic heterocycles. The van der Waals surface area contributed by atoms with E-state index in [1.54, 1.807) is 25.4 Å². The molecule has 134 valence electrons. The minimum atomic E-state index is -0.483. The van der Waals surface area contributed by atoms with Crippen LogP contribution in [0.1, 0.15) is 25.8 Å². The van der Waals surface area contributed by atoms with Crippen molar-refractivity contribution in [2.75, 3.05) is 7.11 Å². The van der Waals surface area contributed by atoms with Gasteiger partial charge in [-0.1, -0.05) is 26.0 Å². The topological polar surface area (TPSA) is 86.5 Å². The molecule has 2 aromatic rings. The largest absolute Gasteiger partial charge is 0.497 e. The average molecular weight is 343 g/mol. The maximum absolute atomic E-state index is 11.9. The molecule has 0 aliphatic carbocycles. The Morgan fingerprint density at radius 1 is 1.24 bits per heavy atom. The number of methoxy groups -OCH3 is 1. The van der Waals surface area contributed by atoms with Crippen molar-refractivity contribution in [1.29, 1.82) is 0 Å². The lowest BCUT2D eigenvalue weighted by atomic mass is 10.0. The molecule has 1 atom stereocenters. The van der Waals surface area contributed by atoms with Crippen molar-refractivity contribution in [3.8, 4) is 17.4 Å². The van der Waals surface area contributed by atoms with E-state index >= 15 is 0 Å². The summed E-state index contributed by atoms with van der Waals surface area (Å²) in [4.78, 5) is 16.2. The summed E-state index contributed by atoms with van der Waals surface area (Å²) in [6.45, 7) is 4.47. The summed E-state index contributed by atoms with van der Waals surface area (Å²) < 4.78 is 10.8. The third kappa shape index (κ3) is 6.08. The highest BCUT2D eigenvalue weighted by Crippen LogP contribution is 2.23. The lowest BCUT2D eigenvalue weighted by molar-refractivity contribution is -0.122. The van der Waals surface area contributed by atoms with Crippen LogP contribution in [0.5, 0.6) is 17.4 Å². The van der Waals surface area contributed by atoms with Gasteiger partial charge in [-0.05, 0) is 30.0 Å². The number of benzene rings is 1. The molecule has 0 aliphatic rings. The molecule has 3 N–H and O–H groups in total. The summed E-state index contributed by atoms with van der Waals surface area (Å²) in [5, 5.41) is 2.83. The molecule has 0 saturated carbocycles. The molecule has 0 saturated heterocycles. The number of hydrogen-bond donors (Lipinski definition) is 2. The monoisotopic (exact) mass is 343 g/mol. The van der Waals surface area contributed by atoms with Gasteiger partial charge in [-0.25, -0.2) is 4.98 Å². The number of nitrogens with zero attached hydrogens (tertiary/aromatic N) is 1. The molecular weight excluding hydrogens is 318 g/mol. The van der Waals surface area contributed by atoms with E-state index in [0.29, 0.717) is 30.5 Å². The van der Waals surface area contributed by atoms with Crippen LogP contribution in [0.25, 0.3) is 0 Å². The van der Waals surface area contributed by atoms with Gasteiger partial charge in [0.1, 0.15) is 11.5 Å². The number of pyridine rings is 1. The number of ether oxygens (including phenoxy) is 2. The van der Waals surface area contributed by atoms with Gasteiger partial charge in [0.25, 0.3) is 0 Å². The fourth-order valence-corrected chi connectivity index (χ4v) is 2.30. The quantitative estimate of drug-likeness (QED) is 0.770. The first-order valence-electron chi connectivity index (χ1n) is 8.28. The third-order valence-corrected chi connectivity index (χ3v) is 3.59. The van der Waals surface area contributed by atoms with Crippen LogP contribution in [-0.4, -0.2) is 24.0 Å². The number of nitrogens with two attached hydrogens (primary N) is 1. The molecule has 0 radical (unpaired) electrons. The fraction of sp³-hybridized carbons (Fsp3) is 0.368. The summed E-state index contributed by atoms with van der Waals surface area (Å²) in [6, 6.07) is 10.4. The van der Waals surface area contributed by atoms with Crippen LogP contribution < -0.4 is 20.5 Å². The molecule has 1 heterocycles. The number of nitrogens with one attached hydrogen (secondary N) is 1. The molecule has 2 rings (SSSR count). The van der Waals surface area contributed by atoms with Crippen molar-refractivity contribution in [1.82, 2.24) is 10.3 Å². The summed E-state index contributed by atoms with van der Waals surface area (Å²) in [6.07, 6.45) is 2.33. The Bertz CT molecular complexity index is 687. The van der Waals surface area contributed by atoms with Gasteiger partial charge in [-0.3, -0.25) is 4.79 Å². The SMILES string of the molecule is COc1cccc(Oc2ccc(CNC(=O)[C@@H](N)CC(C)C)cn2)c1. The minimum Gasteiger partial charge on any atom is -0.497 e. The number of carbonyl (C=O) groups is 1. The van der Waals surface area contributed by atoms with Crippen LogP contribution in [0.2, 0.25) is 0 Å². The highest BCUT2D eigenvalue weighted by molar-refractivity contribution is 5.81. The summed E-state index contributed by atoms with van der Waals surface area (Å²) in [7, 11) is 1.60. The molecule has 25 heavy (non-hydrogen) atoms. The van der Waals surface area contributed by atoms with E-state index in [4.69, 9.17) is 15.2 Å². The van der Waals surface area contributed by atoms with Gasteiger partial charge in [0.2, 0.25) is 11.8 Å². The molecule has 0 fully saturated rings. The van der Waals surface area contributed by atoms with E-state index in [-0.39, 0.29) is 5.91 Å². The average Bonchev–Trinajstić information content (AvgIpc) is 2.60. The molecule has 0 spiro atoms. The van der Waals surface area contributed by atoms with Gasteiger partial charge < -0.3 is 20.5 Å². The van der Waals surface area contributed by atoms with Crippen molar-refractivity contribution in [3.63, 3.8) is 0 Å². The zero-order chi connectivity index (χ0) is 18.2. The predicted octanol–water partition coefficient (Wildman–Crippen LogP) is 2.87. The van der Waals surface area contributed by atoms with Crippen LogP contribution in [0.4, 0.5) is 0 Å². The first-order chi connectivity index (χ1) is 12.0. The molecule has 0 bridgehead atoms. The van der Waals surface area contributed by atoms with Gasteiger partial charge in [-0.15, -0.1) is 0 Å². The maximum Gasteiger partial charge on any atom is 0.237 e. The van der Waals surface area contributed by atoms with Crippen molar-refractivity contribution in [2.45, 2.75) is 32.9 Å². The van der Waals surface area contributed by atoms with Gasteiger partial charge in [0.15, 0.2) is 0 Å². The van der Waals surface area contributed by atoms with Gasteiger partial charge in [-0.2, -0.15) is 0 Å². The van der Waals surface area contributed by atoms with Crippen LogP contribution in [0, 0.1) is 5.92 Å². The lowest BCUT2D eigenvalue weighted by Gasteiger charge is -2.14. The molecule has 0 aliphatic heterocycles. The van der Waals surface area contributed by atoms with E-state index in [9.17, 15) is 4.79 Å². The first kappa shape index (κ1) is 18.7. The zero-order valence-electron chi connectivity index (χ0n) is 14.9. The second-order valence-corrected chi connectivity index (χ2v) is 6.24. The first-order valence-corrected chi connectivity index (χ1v) is 8.28. The molecular formula is C19H25N3O3.